The number of nitrogens with zero attached hydrogens (tertiary/aromatic N) is 2. The highest BCUT2D eigenvalue weighted by molar-refractivity contribution is 6.21. The van der Waals surface area contributed by atoms with Crippen molar-refractivity contribution in [3.8, 4) is 0 Å². The lowest BCUT2D eigenvalue weighted by Gasteiger charge is -2.18. The monoisotopic (exact) mass is 393 g/mol. The van der Waals surface area contributed by atoms with Crippen LogP contribution in [-0.4, -0.2) is 47.2 Å². The average Bonchev–Trinajstić information content (AvgIpc) is 3.00. The van der Waals surface area contributed by atoms with Crippen molar-refractivity contribution in [2.45, 2.75) is 33.4 Å². The predicted octanol–water partition coefficient (Wildman–Crippen LogP) is 2.83. The second-order valence-corrected chi connectivity index (χ2v) is 7.11. The van der Waals surface area contributed by atoms with Gasteiger partial charge < -0.3 is 5.32 Å². The number of rotatable bonds is 9. The number of hydrogen-bond donors (Lipinski definition) is 1. The fourth-order valence-corrected chi connectivity index (χ4v) is 3.41. The smallest absolute Gasteiger partial charge is 0.261 e. The third-order valence-corrected chi connectivity index (χ3v) is 5.25. The van der Waals surface area contributed by atoms with Gasteiger partial charge in [0.15, 0.2) is 0 Å². The van der Waals surface area contributed by atoms with Crippen molar-refractivity contribution in [2.24, 2.45) is 0 Å². The molecule has 1 heterocycles. The van der Waals surface area contributed by atoms with E-state index in [0.717, 1.165) is 30.1 Å². The molecule has 0 fully saturated rings. The highest BCUT2D eigenvalue weighted by atomic mass is 16.2. The zero-order chi connectivity index (χ0) is 20.8. The Kier molecular flexibility index (Phi) is 6.77. The van der Waals surface area contributed by atoms with Crippen molar-refractivity contribution in [3.63, 3.8) is 0 Å². The van der Waals surface area contributed by atoms with Crippen LogP contribution in [0.5, 0.6) is 0 Å². The van der Waals surface area contributed by atoms with Gasteiger partial charge in [0.05, 0.1) is 11.1 Å². The van der Waals surface area contributed by atoms with E-state index in [4.69, 9.17) is 0 Å². The first-order valence-corrected chi connectivity index (χ1v) is 10.1. The Bertz CT molecular complexity index is 853. The Morgan fingerprint density at radius 3 is 2.00 bits per heavy atom. The number of fused-ring (bicyclic) bond motifs is 1. The number of amides is 3. The summed E-state index contributed by atoms with van der Waals surface area (Å²) in [4.78, 5) is 40.3. The third kappa shape index (κ3) is 4.90. The van der Waals surface area contributed by atoms with Crippen LogP contribution in [0.4, 0.5) is 0 Å². The minimum atomic E-state index is -0.331. The Hall–Kier alpha value is -2.99. The van der Waals surface area contributed by atoms with Crippen molar-refractivity contribution in [1.82, 2.24) is 15.1 Å². The average molecular weight is 393 g/mol. The number of imide groups is 1. The molecule has 2 aromatic carbocycles. The normalized spacial score (nSPS) is 13.1. The summed E-state index contributed by atoms with van der Waals surface area (Å²) < 4.78 is 0. The molecular weight excluding hydrogens is 366 g/mol. The molecule has 6 nitrogen and oxygen atoms in total. The molecule has 0 bridgehead atoms. The minimum absolute atomic E-state index is 0.0843. The highest BCUT2D eigenvalue weighted by Gasteiger charge is 2.34. The molecule has 3 amide bonds. The standard InChI is InChI=1S/C23H27N3O3/c1-3-25(4-2)16-18-11-9-17(10-12-18)15-24-21(27)13-14-26-22(28)19-7-5-6-8-20(19)23(26)29/h5-12H,3-4,13-16H2,1-2H3,(H,24,27). The van der Waals surface area contributed by atoms with E-state index in [2.05, 4.69) is 36.2 Å². The first kappa shape index (κ1) is 20.7. The molecule has 0 atom stereocenters. The van der Waals surface area contributed by atoms with E-state index in [0.29, 0.717) is 17.7 Å². The maximum Gasteiger partial charge on any atom is 0.261 e. The Morgan fingerprint density at radius 1 is 0.897 bits per heavy atom. The Labute approximate surface area is 171 Å². The number of hydrogen-bond acceptors (Lipinski definition) is 4. The van der Waals surface area contributed by atoms with Crippen LogP contribution in [0.15, 0.2) is 48.5 Å². The lowest BCUT2D eigenvalue weighted by molar-refractivity contribution is -0.121. The molecule has 29 heavy (non-hydrogen) atoms. The topological polar surface area (TPSA) is 69.7 Å². The van der Waals surface area contributed by atoms with E-state index in [1.54, 1.807) is 24.3 Å². The first-order valence-electron chi connectivity index (χ1n) is 10.1. The van der Waals surface area contributed by atoms with Gasteiger partial charge in [-0.1, -0.05) is 50.2 Å². The fraction of sp³-hybridized carbons (Fsp3) is 0.348. The lowest BCUT2D eigenvalue weighted by atomic mass is 10.1. The van der Waals surface area contributed by atoms with Crippen LogP contribution >= 0.6 is 0 Å². The molecule has 0 aliphatic carbocycles. The van der Waals surface area contributed by atoms with Crippen LogP contribution in [0.2, 0.25) is 0 Å². The zero-order valence-corrected chi connectivity index (χ0v) is 17.0. The van der Waals surface area contributed by atoms with E-state index >= 15 is 0 Å². The number of nitrogens with one attached hydrogen (secondary N) is 1. The van der Waals surface area contributed by atoms with Gasteiger partial charge in [0.1, 0.15) is 0 Å². The van der Waals surface area contributed by atoms with Crippen LogP contribution in [0, 0.1) is 0 Å². The molecule has 3 rings (SSSR count). The van der Waals surface area contributed by atoms with Crippen molar-refractivity contribution in [2.75, 3.05) is 19.6 Å². The highest BCUT2D eigenvalue weighted by Crippen LogP contribution is 2.22. The van der Waals surface area contributed by atoms with Crippen molar-refractivity contribution >= 4 is 17.7 Å². The summed E-state index contributed by atoms with van der Waals surface area (Å²) in [6.07, 6.45) is 0.0888. The van der Waals surface area contributed by atoms with E-state index in [1.807, 2.05) is 12.1 Å². The molecule has 0 saturated heterocycles. The van der Waals surface area contributed by atoms with Gasteiger partial charge in [-0.3, -0.25) is 24.2 Å². The number of carbonyl (C=O) groups is 3. The molecule has 0 spiro atoms. The van der Waals surface area contributed by atoms with Gasteiger partial charge in [0.2, 0.25) is 5.91 Å². The maximum absolute atomic E-state index is 12.3. The summed E-state index contributed by atoms with van der Waals surface area (Å²) in [5.41, 5.74) is 3.07. The summed E-state index contributed by atoms with van der Waals surface area (Å²) in [5, 5.41) is 2.86. The van der Waals surface area contributed by atoms with E-state index in [-0.39, 0.29) is 30.7 Å². The summed E-state index contributed by atoms with van der Waals surface area (Å²) in [6, 6.07) is 14.9. The van der Waals surface area contributed by atoms with Crippen LogP contribution in [0.25, 0.3) is 0 Å². The summed E-state index contributed by atoms with van der Waals surface area (Å²) in [6.45, 7) is 7.75. The van der Waals surface area contributed by atoms with Crippen LogP contribution < -0.4 is 5.32 Å². The second kappa shape index (κ2) is 9.47. The molecule has 6 heteroatoms. The van der Waals surface area contributed by atoms with Gasteiger partial charge in [0.25, 0.3) is 11.8 Å². The summed E-state index contributed by atoms with van der Waals surface area (Å²) in [7, 11) is 0. The van der Waals surface area contributed by atoms with Gasteiger partial charge in [-0.25, -0.2) is 0 Å². The number of carbonyl (C=O) groups excluding carboxylic acids is 3. The quantitative estimate of drug-likeness (QED) is 0.665. The van der Waals surface area contributed by atoms with Crippen molar-refractivity contribution in [1.29, 1.82) is 0 Å². The minimum Gasteiger partial charge on any atom is -0.352 e. The van der Waals surface area contributed by atoms with E-state index in [9.17, 15) is 14.4 Å². The fourth-order valence-electron chi connectivity index (χ4n) is 3.41. The molecule has 1 aliphatic heterocycles. The third-order valence-electron chi connectivity index (χ3n) is 5.25. The summed E-state index contributed by atoms with van der Waals surface area (Å²) in [5.74, 6) is -0.849. The van der Waals surface area contributed by atoms with Crippen LogP contribution in [0.3, 0.4) is 0 Å². The molecule has 1 aliphatic rings. The van der Waals surface area contributed by atoms with Crippen LogP contribution in [-0.2, 0) is 17.9 Å². The molecule has 0 saturated carbocycles. The SMILES string of the molecule is CCN(CC)Cc1ccc(CNC(=O)CCN2C(=O)c3ccccc3C2=O)cc1. The first-order chi connectivity index (χ1) is 14.0. The Morgan fingerprint density at radius 2 is 1.45 bits per heavy atom. The van der Waals surface area contributed by atoms with E-state index < -0.39 is 0 Å². The molecule has 0 unspecified atom stereocenters. The predicted molar refractivity (Wildman–Crippen MR) is 111 cm³/mol. The van der Waals surface area contributed by atoms with E-state index in [1.165, 1.54) is 5.56 Å². The van der Waals surface area contributed by atoms with Crippen LogP contribution in [0.1, 0.15) is 52.1 Å². The largest absolute Gasteiger partial charge is 0.352 e. The van der Waals surface area contributed by atoms with Crippen molar-refractivity contribution < 1.29 is 14.4 Å². The summed E-state index contributed by atoms with van der Waals surface area (Å²) >= 11 is 0. The Balaban J connectivity index is 1.46. The van der Waals surface area contributed by atoms with Gasteiger partial charge in [-0.15, -0.1) is 0 Å². The van der Waals surface area contributed by atoms with Gasteiger partial charge in [0, 0.05) is 26.1 Å². The van der Waals surface area contributed by atoms with Crippen molar-refractivity contribution in [3.05, 3.63) is 70.8 Å². The van der Waals surface area contributed by atoms with Gasteiger partial charge in [-0.2, -0.15) is 0 Å². The van der Waals surface area contributed by atoms with Gasteiger partial charge >= 0.3 is 0 Å². The number of benzene rings is 2. The lowest BCUT2D eigenvalue weighted by Crippen LogP contribution is -2.34. The molecular formula is C23H27N3O3. The zero-order valence-electron chi connectivity index (χ0n) is 17.0. The maximum atomic E-state index is 12.3. The van der Waals surface area contributed by atoms with Gasteiger partial charge in [-0.05, 0) is 36.3 Å². The molecule has 0 radical (unpaired) electrons. The molecule has 1 N–H and O–H groups in total. The molecule has 0 aromatic heterocycles. The second-order valence-electron chi connectivity index (χ2n) is 7.11. The molecule has 152 valence electrons. The molecule has 2 aromatic rings.